The molecule has 0 fully saturated rings. The summed E-state index contributed by atoms with van der Waals surface area (Å²) in [5, 5.41) is 0. The minimum absolute atomic E-state index is 0.168. The Balaban J connectivity index is 1.31. The van der Waals surface area contributed by atoms with Gasteiger partial charge in [-0.15, -0.1) is 33.8 Å². The SMILES string of the molecule is CN1C(=O)C2=C(c3ccc(-c4ccc(C#C[Si](C)(C)C)s4)cc3)N(C)C(=O)C2=C1c1ccc(-c2ccc(C#C[Si](C)(C)C)s2)cc1. The van der Waals surface area contributed by atoms with Crippen molar-refractivity contribution in [2.75, 3.05) is 14.1 Å². The summed E-state index contributed by atoms with van der Waals surface area (Å²) in [5.74, 6) is 6.35. The van der Waals surface area contributed by atoms with Gasteiger partial charge in [0, 0.05) is 23.8 Å². The van der Waals surface area contributed by atoms with Crippen molar-refractivity contribution < 1.29 is 9.59 Å². The van der Waals surface area contributed by atoms with Crippen LogP contribution < -0.4 is 0 Å². The molecule has 46 heavy (non-hydrogen) atoms. The van der Waals surface area contributed by atoms with Gasteiger partial charge in [-0.3, -0.25) is 9.59 Å². The van der Waals surface area contributed by atoms with Crippen molar-refractivity contribution in [2.24, 2.45) is 0 Å². The van der Waals surface area contributed by atoms with Crippen LogP contribution in [0.3, 0.4) is 0 Å². The first-order chi connectivity index (χ1) is 21.7. The van der Waals surface area contributed by atoms with Crippen LogP contribution in [0, 0.1) is 22.9 Å². The topological polar surface area (TPSA) is 40.6 Å². The molecule has 230 valence electrons. The molecule has 0 aliphatic carbocycles. The molecule has 0 unspecified atom stereocenters. The van der Waals surface area contributed by atoms with Crippen molar-refractivity contribution in [3.63, 3.8) is 0 Å². The Morgan fingerprint density at radius 3 is 1.15 bits per heavy atom. The Hall–Kier alpha value is -4.19. The summed E-state index contributed by atoms with van der Waals surface area (Å²) in [6, 6.07) is 24.6. The van der Waals surface area contributed by atoms with Gasteiger partial charge in [0.05, 0.1) is 32.3 Å². The molecule has 2 amide bonds. The molecule has 0 N–H and O–H groups in total. The van der Waals surface area contributed by atoms with Crippen LogP contribution in [0.1, 0.15) is 20.9 Å². The summed E-state index contributed by atoms with van der Waals surface area (Å²) >= 11 is 3.37. The van der Waals surface area contributed by atoms with Crippen LogP contribution in [0.15, 0.2) is 83.9 Å². The molecule has 0 saturated heterocycles. The number of hydrogen-bond donors (Lipinski definition) is 0. The molecule has 4 nitrogen and oxygen atoms in total. The van der Waals surface area contributed by atoms with E-state index in [0.29, 0.717) is 22.5 Å². The van der Waals surface area contributed by atoms with E-state index >= 15 is 0 Å². The number of hydrogen-bond acceptors (Lipinski definition) is 4. The molecule has 2 aromatic heterocycles. The van der Waals surface area contributed by atoms with Crippen molar-refractivity contribution in [3.8, 4) is 43.8 Å². The van der Waals surface area contributed by atoms with Crippen LogP contribution in [-0.2, 0) is 9.59 Å². The average Bonchev–Trinajstić information content (AvgIpc) is 3.78. The highest BCUT2D eigenvalue weighted by molar-refractivity contribution is 7.16. The van der Waals surface area contributed by atoms with Gasteiger partial charge in [0.15, 0.2) is 0 Å². The van der Waals surface area contributed by atoms with Gasteiger partial charge in [-0.1, -0.05) is 99.7 Å². The molecule has 0 bridgehead atoms. The average molecular weight is 673 g/mol. The highest BCUT2D eigenvalue weighted by Crippen LogP contribution is 2.45. The van der Waals surface area contributed by atoms with Gasteiger partial charge >= 0.3 is 0 Å². The third kappa shape index (κ3) is 6.27. The van der Waals surface area contributed by atoms with Gasteiger partial charge < -0.3 is 9.80 Å². The van der Waals surface area contributed by atoms with Crippen LogP contribution in [0.2, 0.25) is 39.3 Å². The molecule has 0 radical (unpaired) electrons. The predicted molar refractivity (Wildman–Crippen MR) is 199 cm³/mol. The maximum atomic E-state index is 13.7. The number of nitrogens with zero attached hydrogens (tertiary/aromatic N) is 2. The monoisotopic (exact) mass is 672 g/mol. The zero-order valence-electron chi connectivity index (χ0n) is 27.5. The molecule has 2 aliphatic rings. The van der Waals surface area contributed by atoms with E-state index in [9.17, 15) is 9.59 Å². The Morgan fingerprint density at radius 2 is 0.826 bits per heavy atom. The Bertz CT molecular complexity index is 1930. The summed E-state index contributed by atoms with van der Waals surface area (Å²) in [4.78, 5) is 35.1. The quantitative estimate of drug-likeness (QED) is 0.161. The summed E-state index contributed by atoms with van der Waals surface area (Å²) in [6.07, 6.45) is 0. The smallest absolute Gasteiger partial charge is 0.261 e. The first-order valence-corrected chi connectivity index (χ1v) is 23.9. The molecule has 0 spiro atoms. The molecule has 4 heterocycles. The molecular weight excluding hydrogens is 637 g/mol. The molecule has 0 atom stereocenters. The third-order valence-electron chi connectivity index (χ3n) is 7.65. The largest absolute Gasteiger partial charge is 0.310 e. The first-order valence-electron chi connectivity index (χ1n) is 15.2. The number of amides is 2. The van der Waals surface area contributed by atoms with Gasteiger partial charge in [-0.25, -0.2) is 0 Å². The fourth-order valence-corrected chi connectivity index (χ4v) is 8.34. The first kappa shape index (κ1) is 31.8. The van der Waals surface area contributed by atoms with Crippen molar-refractivity contribution >= 4 is 62.0 Å². The summed E-state index contributed by atoms with van der Waals surface area (Å²) in [6.45, 7) is 13.5. The van der Waals surface area contributed by atoms with E-state index in [2.05, 4.69) is 111 Å². The number of benzene rings is 2. The molecule has 6 rings (SSSR count). The molecule has 2 aromatic carbocycles. The second-order valence-corrected chi connectivity index (χ2v) is 25.3. The van der Waals surface area contributed by atoms with Crippen LogP contribution in [0.5, 0.6) is 0 Å². The number of rotatable bonds is 4. The van der Waals surface area contributed by atoms with E-state index in [1.807, 2.05) is 24.3 Å². The number of carbonyl (C=O) groups excluding carboxylic acids is 2. The highest BCUT2D eigenvalue weighted by atomic mass is 32.1. The number of likely N-dealkylation sites (N-methyl/N-ethyl adjacent to an activating group) is 2. The van der Waals surface area contributed by atoms with Crippen molar-refractivity contribution in [1.82, 2.24) is 9.80 Å². The van der Waals surface area contributed by atoms with Gasteiger partial charge in [0.1, 0.15) is 16.1 Å². The molecule has 8 heteroatoms. The molecule has 2 aliphatic heterocycles. The zero-order chi connectivity index (χ0) is 33.0. The van der Waals surface area contributed by atoms with Gasteiger partial charge in [-0.05, 0) is 46.5 Å². The maximum absolute atomic E-state index is 13.7. The predicted octanol–water partition coefficient (Wildman–Crippen LogP) is 8.67. The Kier molecular flexibility index (Phi) is 8.20. The minimum atomic E-state index is -1.45. The van der Waals surface area contributed by atoms with E-state index in [4.69, 9.17) is 0 Å². The Morgan fingerprint density at radius 1 is 0.500 bits per heavy atom. The third-order valence-corrected chi connectivity index (χ3v) is 11.5. The maximum Gasteiger partial charge on any atom is 0.261 e. The zero-order valence-corrected chi connectivity index (χ0v) is 31.1. The van der Waals surface area contributed by atoms with E-state index in [1.165, 1.54) is 0 Å². The lowest BCUT2D eigenvalue weighted by Gasteiger charge is -2.20. The fraction of sp³-hybridized carbons (Fsp3) is 0.211. The molecule has 4 aromatic rings. The van der Waals surface area contributed by atoms with E-state index in [0.717, 1.165) is 41.8 Å². The molecular formula is C38H36N2O2S2Si2. The van der Waals surface area contributed by atoms with Gasteiger partial charge in [0.2, 0.25) is 0 Å². The second kappa shape index (κ2) is 11.9. The second-order valence-electron chi connectivity index (χ2n) is 13.7. The van der Waals surface area contributed by atoms with Gasteiger partial charge in [0.25, 0.3) is 11.8 Å². The van der Waals surface area contributed by atoms with E-state index < -0.39 is 16.1 Å². The van der Waals surface area contributed by atoms with Crippen LogP contribution >= 0.6 is 22.7 Å². The minimum Gasteiger partial charge on any atom is -0.310 e. The summed E-state index contributed by atoms with van der Waals surface area (Å²) < 4.78 is 0. The number of fused-ring (bicyclic) bond motifs is 1. The van der Waals surface area contributed by atoms with Crippen LogP contribution in [0.4, 0.5) is 0 Å². The molecule has 0 saturated carbocycles. The highest BCUT2D eigenvalue weighted by Gasteiger charge is 2.46. The van der Waals surface area contributed by atoms with E-state index in [-0.39, 0.29) is 11.8 Å². The lowest BCUT2D eigenvalue weighted by molar-refractivity contribution is -0.123. The van der Waals surface area contributed by atoms with Crippen LogP contribution in [0.25, 0.3) is 32.3 Å². The summed E-state index contributed by atoms with van der Waals surface area (Å²) in [7, 11) is 0.609. The van der Waals surface area contributed by atoms with E-state index in [1.54, 1.807) is 46.6 Å². The standard InChI is InChI=1S/C38H36N2O2S2Si2/c1-39-35(27-13-9-25(10-14-27)31-19-17-29(43-31)21-23-45(3,4)5)33-34(37(39)41)36(40(2)38(33)42)28-15-11-26(12-16-28)32-20-18-30(44-32)22-24-46(6,7)8/h9-20H,1-8H3. The van der Waals surface area contributed by atoms with Gasteiger partial charge in [-0.2, -0.15) is 0 Å². The number of carbonyl (C=O) groups is 2. The Labute approximate surface area is 282 Å². The lowest BCUT2D eigenvalue weighted by atomic mass is 10.0. The number of thiophene rings is 2. The summed E-state index contributed by atoms with van der Waals surface area (Å²) in [5.41, 5.74) is 12.9. The van der Waals surface area contributed by atoms with Crippen molar-refractivity contribution in [3.05, 3.63) is 105 Å². The lowest BCUT2D eigenvalue weighted by Crippen LogP contribution is -2.25. The van der Waals surface area contributed by atoms with Crippen molar-refractivity contribution in [2.45, 2.75) is 39.3 Å². The van der Waals surface area contributed by atoms with Crippen molar-refractivity contribution in [1.29, 1.82) is 0 Å². The fourth-order valence-electron chi connectivity index (χ4n) is 5.41. The van der Waals surface area contributed by atoms with Crippen LogP contribution in [-0.4, -0.2) is 51.9 Å². The normalized spacial score (nSPS) is 14.9.